The Kier molecular flexibility index (Phi) is 14.3. The molecule has 12 heteroatoms. The SMILES string of the molecule is CCn1cc[n+](CCOCC(COCC[n+]2ccn(CC)c2)(COCC[n+]2ccn(CC)c2)COCC[n+]2ccn(CC)c2)c1. The van der Waals surface area contributed by atoms with Crippen molar-refractivity contribution < 1.29 is 37.2 Å². The van der Waals surface area contributed by atoms with Gasteiger partial charge in [-0.3, -0.25) is 0 Å². The third-order valence-electron chi connectivity index (χ3n) is 8.05. The predicted octanol–water partition coefficient (Wildman–Crippen LogP) is 1.28. The van der Waals surface area contributed by atoms with Gasteiger partial charge in [0.05, 0.1) is 84.4 Å². The molecule has 0 saturated heterocycles. The summed E-state index contributed by atoms with van der Waals surface area (Å²) >= 11 is 0. The maximum absolute atomic E-state index is 6.35. The molecule has 0 aliphatic rings. The normalized spacial score (nSPS) is 12.0. The summed E-state index contributed by atoms with van der Waals surface area (Å²) in [5, 5.41) is 0. The monoisotopic (exact) mass is 628 g/mol. The average Bonchev–Trinajstić information content (AvgIpc) is 3.89. The fourth-order valence-corrected chi connectivity index (χ4v) is 5.12. The van der Waals surface area contributed by atoms with E-state index in [-0.39, 0.29) is 0 Å². The first-order valence-corrected chi connectivity index (χ1v) is 16.5. The molecule has 0 radical (unpaired) electrons. The first kappa shape index (κ1) is 34.6. The van der Waals surface area contributed by atoms with Crippen LogP contribution in [0, 0.1) is 5.41 Å². The van der Waals surface area contributed by atoms with Crippen molar-refractivity contribution in [1.82, 2.24) is 18.3 Å². The highest BCUT2D eigenvalue weighted by molar-refractivity contribution is 4.79. The van der Waals surface area contributed by atoms with Crippen LogP contribution < -0.4 is 18.3 Å². The summed E-state index contributed by atoms with van der Waals surface area (Å²) in [6.07, 6.45) is 25.2. The summed E-state index contributed by atoms with van der Waals surface area (Å²) in [6.45, 7) is 19.9. The minimum absolute atomic E-state index is 0.444. The Bertz CT molecular complexity index is 1150. The van der Waals surface area contributed by atoms with Gasteiger partial charge in [-0.2, -0.15) is 0 Å². The van der Waals surface area contributed by atoms with Crippen LogP contribution in [0.15, 0.2) is 74.9 Å². The van der Waals surface area contributed by atoms with E-state index in [1.165, 1.54) is 0 Å². The van der Waals surface area contributed by atoms with Crippen LogP contribution in [0.25, 0.3) is 0 Å². The van der Waals surface area contributed by atoms with Gasteiger partial charge in [-0.1, -0.05) is 0 Å². The van der Waals surface area contributed by atoms with Gasteiger partial charge in [-0.15, -0.1) is 0 Å². The van der Waals surface area contributed by atoms with Gasteiger partial charge in [0.2, 0.25) is 25.3 Å². The molecule has 0 atom stereocenters. The summed E-state index contributed by atoms with van der Waals surface area (Å²) in [5.74, 6) is 0. The fraction of sp³-hybridized carbons (Fsp3) is 0.636. The van der Waals surface area contributed by atoms with Gasteiger partial charge < -0.3 is 18.9 Å². The van der Waals surface area contributed by atoms with Crippen LogP contribution in [0.5, 0.6) is 0 Å². The van der Waals surface area contributed by atoms with Gasteiger partial charge in [0.1, 0.15) is 75.8 Å². The number of rotatable bonds is 24. The van der Waals surface area contributed by atoms with Crippen molar-refractivity contribution >= 4 is 0 Å². The van der Waals surface area contributed by atoms with Crippen molar-refractivity contribution in [3.63, 3.8) is 0 Å². The van der Waals surface area contributed by atoms with E-state index in [0.29, 0.717) is 52.9 Å². The van der Waals surface area contributed by atoms with Crippen molar-refractivity contribution in [3.05, 3.63) is 74.9 Å². The van der Waals surface area contributed by atoms with E-state index in [4.69, 9.17) is 18.9 Å². The molecule has 248 valence electrons. The molecule has 0 spiro atoms. The van der Waals surface area contributed by atoms with Crippen molar-refractivity contribution in [1.29, 1.82) is 0 Å². The van der Waals surface area contributed by atoms with Crippen LogP contribution in [0.1, 0.15) is 27.7 Å². The average molecular weight is 629 g/mol. The number of imidazole rings is 4. The van der Waals surface area contributed by atoms with Gasteiger partial charge in [0, 0.05) is 0 Å². The quantitative estimate of drug-likeness (QED) is 0.0867. The van der Waals surface area contributed by atoms with Gasteiger partial charge in [-0.05, 0) is 27.7 Å². The first-order chi connectivity index (χ1) is 22.0. The molecule has 12 nitrogen and oxygen atoms in total. The van der Waals surface area contributed by atoms with Gasteiger partial charge in [0.25, 0.3) is 0 Å². The number of aryl methyl sites for hydroxylation is 4. The van der Waals surface area contributed by atoms with E-state index >= 15 is 0 Å². The number of ether oxygens (including phenoxy) is 4. The Labute approximate surface area is 268 Å². The zero-order valence-electron chi connectivity index (χ0n) is 28.0. The first-order valence-electron chi connectivity index (χ1n) is 16.5. The lowest BCUT2D eigenvalue weighted by atomic mass is 9.92. The molecule has 45 heavy (non-hydrogen) atoms. The molecule has 4 heterocycles. The summed E-state index contributed by atoms with van der Waals surface area (Å²) in [4.78, 5) is 0. The Morgan fingerprint density at radius 3 is 0.867 bits per heavy atom. The molecule has 0 amide bonds. The minimum atomic E-state index is -0.444. The fourth-order valence-electron chi connectivity index (χ4n) is 5.12. The largest absolute Gasteiger partial charge is 0.377 e. The molecular formula is C33H56N8O4+4. The Hall–Kier alpha value is -3.32. The number of aromatic nitrogens is 8. The van der Waals surface area contributed by atoms with E-state index in [1.807, 2.05) is 0 Å². The van der Waals surface area contributed by atoms with E-state index in [2.05, 4.69) is 139 Å². The highest BCUT2D eigenvalue weighted by Gasteiger charge is 2.33. The van der Waals surface area contributed by atoms with Crippen LogP contribution in [0.4, 0.5) is 0 Å². The van der Waals surface area contributed by atoms with Gasteiger partial charge in [-0.25, -0.2) is 36.5 Å². The molecule has 0 fully saturated rings. The highest BCUT2D eigenvalue weighted by Crippen LogP contribution is 2.21. The topological polar surface area (TPSA) is 72.2 Å². The van der Waals surface area contributed by atoms with Crippen molar-refractivity contribution in [2.75, 3.05) is 52.9 Å². The standard InChI is InChI=1S/C33H56N8O4/c1-5-34-9-13-38(29-34)17-21-42-25-33(26-43-22-18-39-14-10-35(6-2)30-39,27-44-23-19-40-15-11-36(7-3)31-40)28-45-24-20-41-16-12-37(8-4)32-41/h9-16,29-32H,5-8,17-28H2,1-4H3/q+4. The molecule has 4 aromatic heterocycles. The molecular weight excluding hydrogens is 572 g/mol. The van der Waals surface area contributed by atoms with Gasteiger partial charge >= 0.3 is 0 Å². The van der Waals surface area contributed by atoms with Crippen LogP contribution in [0.3, 0.4) is 0 Å². The minimum Gasteiger partial charge on any atom is -0.377 e. The Morgan fingerprint density at radius 1 is 0.422 bits per heavy atom. The molecule has 0 unspecified atom stereocenters. The second-order valence-electron chi connectivity index (χ2n) is 11.6. The van der Waals surface area contributed by atoms with E-state index in [9.17, 15) is 0 Å². The third kappa shape index (κ3) is 11.5. The maximum atomic E-state index is 6.35. The molecule has 4 rings (SSSR count). The number of nitrogens with zero attached hydrogens (tertiary/aromatic N) is 8. The number of hydrogen-bond donors (Lipinski definition) is 0. The van der Waals surface area contributed by atoms with Crippen LogP contribution in [-0.2, 0) is 71.3 Å². The third-order valence-corrected chi connectivity index (χ3v) is 8.05. The van der Waals surface area contributed by atoms with Crippen LogP contribution in [-0.4, -0.2) is 71.1 Å². The Morgan fingerprint density at radius 2 is 0.667 bits per heavy atom. The second-order valence-corrected chi connectivity index (χ2v) is 11.6. The molecule has 0 bridgehead atoms. The lowest BCUT2D eigenvalue weighted by molar-refractivity contribution is -0.698. The Balaban J connectivity index is 1.37. The summed E-state index contributed by atoms with van der Waals surface area (Å²) in [7, 11) is 0. The number of hydrogen-bond acceptors (Lipinski definition) is 4. The van der Waals surface area contributed by atoms with E-state index in [0.717, 1.165) is 52.4 Å². The van der Waals surface area contributed by atoms with Gasteiger partial charge in [0.15, 0.2) is 0 Å². The van der Waals surface area contributed by atoms with Crippen LogP contribution >= 0.6 is 0 Å². The van der Waals surface area contributed by atoms with E-state index < -0.39 is 5.41 Å². The zero-order chi connectivity index (χ0) is 31.7. The molecule has 0 aliphatic heterocycles. The van der Waals surface area contributed by atoms with Crippen molar-refractivity contribution in [2.45, 2.75) is 80.1 Å². The zero-order valence-corrected chi connectivity index (χ0v) is 28.0. The molecule has 0 N–H and O–H groups in total. The predicted molar refractivity (Wildman–Crippen MR) is 167 cm³/mol. The molecule has 0 aliphatic carbocycles. The summed E-state index contributed by atoms with van der Waals surface area (Å²) in [5.41, 5.74) is -0.444. The smallest absolute Gasteiger partial charge is 0.243 e. The van der Waals surface area contributed by atoms with E-state index in [1.54, 1.807) is 0 Å². The molecule has 0 aromatic carbocycles. The lowest BCUT2D eigenvalue weighted by Gasteiger charge is -2.32. The lowest BCUT2D eigenvalue weighted by Crippen LogP contribution is -2.45. The molecule has 0 saturated carbocycles. The molecule has 4 aromatic rings. The maximum Gasteiger partial charge on any atom is 0.243 e. The summed E-state index contributed by atoms with van der Waals surface area (Å²) in [6, 6.07) is 0. The summed E-state index contributed by atoms with van der Waals surface area (Å²) < 4.78 is 42.7. The van der Waals surface area contributed by atoms with Crippen LogP contribution in [0.2, 0.25) is 0 Å². The second kappa shape index (κ2) is 18.6. The van der Waals surface area contributed by atoms with Crippen molar-refractivity contribution in [3.8, 4) is 0 Å². The van der Waals surface area contributed by atoms with Crippen molar-refractivity contribution in [2.24, 2.45) is 5.41 Å². The highest BCUT2D eigenvalue weighted by atomic mass is 16.5.